The van der Waals surface area contributed by atoms with Crippen LogP contribution in [0.5, 0.6) is 0 Å². The number of halogens is 2. The van der Waals surface area contributed by atoms with E-state index in [9.17, 15) is 5.11 Å². The number of nitrogens with one attached hydrogen (secondary N) is 1. The van der Waals surface area contributed by atoms with Gasteiger partial charge in [0.05, 0.1) is 0 Å². The van der Waals surface area contributed by atoms with E-state index in [0.717, 1.165) is 27.5 Å². The first-order valence-corrected chi connectivity index (χ1v) is 6.09. The second-order valence-electron chi connectivity index (χ2n) is 3.58. The maximum absolute atomic E-state index is 10.4. The molecule has 0 bridgehead atoms. The Balaban J connectivity index is 2.44. The molecule has 0 amide bonds. The van der Waals surface area contributed by atoms with Crippen LogP contribution in [0.1, 0.15) is 12.0 Å². The Kier molecular flexibility index (Phi) is 2.98. The van der Waals surface area contributed by atoms with Crippen LogP contribution in [0.15, 0.2) is 27.1 Å². The van der Waals surface area contributed by atoms with Gasteiger partial charge in [0.2, 0.25) is 0 Å². The Hall–Kier alpha value is 0.1000. The lowest BCUT2D eigenvalue weighted by atomic mass is 9.93. The standard InChI is InChI=1S/C10H11Br2NO/c11-7-1-2-9(12)8(5-7)10(14)3-4-13-6-10/h1-2,5,13-14H,3-4,6H2. The van der Waals surface area contributed by atoms with Crippen molar-refractivity contribution in [2.75, 3.05) is 13.1 Å². The van der Waals surface area contributed by atoms with E-state index >= 15 is 0 Å². The van der Waals surface area contributed by atoms with E-state index in [1.54, 1.807) is 0 Å². The molecule has 1 atom stereocenters. The summed E-state index contributed by atoms with van der Waals surface area (Å²) in [6.07, 6.45) is 0.766. The molecule has 1 aliphatic heterocycles. The van der Waals surface area contributed by atoms with E-state index in [2.05, 4.69) is 37.2 Å². The van der Waals surface area contributed by atoms with Gasteiger partial charge < -0.3 is 10.4 Å². The molecular formula is C10H11Br2NO. The lowest BCUT2D eigenvalue weighted by Gasteiger charge is -2.23. The highest BCUT2D eigenvalue weighted by atomic mass is 79.9. The zero-order chi connectivity index (χ0) is 10.2. The second-order valence-corrected chi connectivity index (χ2v) is 5.35. The molecule has 1 aromatic carbocycles. The highest BCUT2D eigenvalue weighted by Crippen LogP contribution is 2.34. The minimum atomic E-state index is -0.720. The number of hydrogen-bond acceptors (Lipinski definition) is 2. The lowest BCUT2D eigenvalue weighted by Crippen LogP contribution is -2.28. The van der Waals surface area contributed by atoms with Crippen LogP contribution in [0.4, 0.5) is 0 Å². The molecule has 0 saturated carbocycles. The summed E-state index contributed by atoms with van der Waals surface area (Å²) >= 11 is 6.88. The van der Waals surface area contributed by atoms with Crippen molar-refractivity contribution in [2.24, 2.45) is 0 Å². The Bertz CT molecular complexity index is 348. The van der Waals surface area contributed by atoms with Crippen molar-refractivity contribution in [2.45, 2.75) is 12.0 Å². The average Bonchev–Trinajstić information content (AvgIpc) is 2.58. The lowest BCUT2D eigenvalue weighted by molar-refractivity contribution is 0.0579. The van der Waals surface area contributed by atoms with Gasteiger partial charge in [-0.3, -0.25) is 0 Å². The minimum absolute atomic E-state index is 0.627. The zero-order valence-electron chi connectivity index (χ0n) is 7.56. The first kappa shape index (κ1) is 10.6. The van der Waals surface area contributed by atoms with Crippen molar-refractivity contribution >= 4 is 31.9 Å². The Morgan fingerprint density at radius 3 is 2.79 bits per heavy atom. The molecule has 1 aromatic rings. The van der Waals surface area contributed by atoms with Gasteiger partial charge in [-0.05, 0) is 31.2 Å². The summed E-state index contributed by atoms with van der Waals surface area (Å²) in [6, 6.07) is 5.88. The fourth-order valence-electron chi connectivity index (χ4n) is 1.76. The quantitative estimate of drug-likeness (QED) is 0.833. The van der Waals surface area contributed by atoms with Crippen LogP contribution in [0, 0.1) is 0 Å². The van der Waals surface area contributed by atoms with Gasteiger partial charge in [-0.2, -0.15) is 0 Å². The van der Waals surface area contributed by atoms with Gasteiger partial charge in [0.15, 0.2) is 0 Å². The molecule has 1 fully saturated rings. The van der Waals surface area contributed by atoms with Crippen LogP contribution in [-0.2, 0) is 5.60 Å². The molecule has 2 N–H and O–H groups in total. The molecule has 1 unspecified atom stereocenters. The van der Waals surface area contributed by atoms with E-state index in [1.165, 1.54) is 0 Å². The van der Waals surface area contributed by atoms with E-state index in [4.69, 9.17) is 0 Å². The maximum atomic E-state index is 10.4. The molecule has 0 aliphatic carbocycles. The molecule has 4 heteroatoms. The third-order valence-corrected chi connectivity index (χ3v) is 3.75. The van der Waals surface area contributed by atoms with E-state index in [0.29, 0.717) is 6.54 Å². The molecular weight excluding hydrogens is 310 g/mol. The Morgan fingerprint density at radius 1 is 1.36 bits per heavy atom. The first-order chi connectivity index (χ1) is 6.62. The highest BCUT2D eigenvalue weighted by Gasteiger charge is 2.34. The number of rotatable bonds is 1. The third kappa shape index (κ3) is 1.89. The summed E-state index contributed by atoms with van der Waals surface area (Å²) in [5, 5.41) is 13.5. The second kappa shape index (κ2) is 3.93. The molecule has 1 aliphatic rings. The summed E-state index contributed by atoms with van der Waals surface area (Å²) < 4.78 is 1.96. The topological polar surface area (TPSA) is 32.3 Å². The van der Waals surface area contributed by atoms with Crippen LogP contribution in [0.2, 0.25) is 0 Å². The SMILES string of the molecule is OC1(c2cc(Br)ccc2Br)CCNC1. The first-order valence-electron chi connectivity index (χ1n) is 4.50. The zero-order valence-corrected chi connectivity index (χ0v) is 10.7. The molecule has 1 heterocycles. The number of hydrogen-bond donors (Lipinski definition) is 2. The summed E-state index contributed by atoms with van der Waals surface area (Å²) in [6.45, 7) is 1.50. The molecule has 1 saturated heterocycles. The van der Waals surface area contributed by atoms with Gasteiger partial charge >= 0.3 is 0 Å². The van der Waals surface area contributed by atoms with Crippen molar-refractivity contribution in [1.29, 1.82) is 0 Å². The van der Waals surface area contributed by atoms with Crippen molar-refractivity contribution in [3.63, 3.8) is 0 Å². The fraction of sp³-hybridized carbons (Fsp3) is 0.400. The maximum Gasteiger partial charge on any atom is 0.104 e. The molecule has 2 nitrogen and oxygen atoms in total. The fourth-order valence-corrected chi connectivity index (χ4v) is 2.74. The normalized spacial score (nSPS) is 26.8. The van der Waals surface area contributed by atoms with Crippen LogP contribution < -0.4 is 5.32 Å². The van der Waals surface area contributed by atoms with Crippen LogP contribution in [0.25, 0.3) is 0 Å². The highest BCUT2D eigenvalue weighted by molar-refractivity contribution is 9.11. The molecule has 14 heavy (non-hydrogen) atoms. The Labute approximate surface area is 100.0 Å². The molecule has 0 spiro atoms. The monoisotopic (exact) mass is 319 g/mol. The van der Waals surface area contributed by atoms with Crippen LogP contribution in [-0.4, -0.2) is 18.2 Å². The predicted octanol–water partition coefficient (Wildman–Crippen LogP) is 2.39. The van der Waals surface area contributed by atoms with Crippen molar-refractivity contribution in [1.82, 2.24) is 5.32 Å². The van der Waals surface area contributed by atoms with Gasteiger partial charge in [-0.25, -0.2) is 0 Å². The number of β-amino-alcohol motifs (C(OH)–C–C–N with tert-alkyl or cyclic N) is 1. The summed E-state index contributed by atoms with van der Waals surface area (Å²) in [4.78, 5) is 0. The Morgan fingerprint density at radius 2 is 2.14 bits per heavy atom. The molecule has 0 radical (unpaired) electrons. The van der Waals surface area contributed by atoms with Crippen LogP contribution in [0.3, 0.4) is 0 Å². The van der Waals surface area contributed by atoms with Gasteiger partial charge in [0.1, 0.15) is 5.60 Å². The van der Waals surface area contributed by atoms with Gasteiger partial charge in [0.25, 0.3) is 0 Å². The number of benzene rings is 1. The third-order valence-electron chi connectivity index (χ3n) is 2.56. The van der Waals surface area contributed by atoms with Crippen molar-refractivity contribution in [3.05, 3.63) is 32.7 Å². The van der Waals surface area contributed by atoms with Crippen LogP contribution >= 0.6 is 31.9 Å². The largest absolute Gasteiger partial charge is 0.384 e. The summed E-state index contributed by atoms with van der Waals surface area (Å²) in [5.41, 5.74) is 0.236. The van der Waals surface area contributed by atoms with E-state index in [1.807, 2.05) is 18.2 Å². The van der Waals surface area contributed by atoms with E-state index in [-0.39, 0.29) is 0 Å². The van der Waals surface area contributed by atoms with Gasteiger partial charge in [0, 0.05) is 21.1 Å². The number of aliphatic hydroxyl groups is 1. The average molecular weight is 321 g/mol. The smallest absolute Gasteiger partial charge is 0.104 e. The molecule has 2 rings (SSSR count). The molecule has 0 aromatic heterocycles. The molecule has 76 valence electrons. The van der Waals surface area contributed by atoms with E-state index < -0.39 is 5.60 Å². The van der Waals surface area contributed by atoms with Gasteiger partial charge in [-0.1, -0.05) is 31.9 Å². The minimum Gasteiger partial charge on any atom is -0.384 e. The summed E-state index contributed by atoms with van der Waals surface area (Å²) in [5.74, 6) is 0. The summed E-state index contributed by atoms with van der Waals surface area (Å²) in [7, 11) is 0. The van der Waals surface area contributed by atoms with Crippen molar-refractivity contribution < 1.29 is 5.11 Å². The van der Waals surface area contributed by atoms with Gasteiger partial charge in [-0.15, -0.1) is 0 Å². The predicted molar refractivity (Wildman–Crippen MR) is 63.2 cm³/mol. The van der Waals surface area contributed by atoms with Crippen molar-refractivity contribution in [3.8, 4) is 0 Å².